The van der Waals surface area contributed by atoms with Crippen LogP contribution in [0.4, 0.5) is 17.1 Å². The fourth-order valence-corrected chi connectivity index (χ4v) is 11.3. The molecule has 10 aromatic carbocycles. The molecule has 0 aliphatic heterocycles. The number of rotatable bonds is 6. The Morgan fingerprint density at radius 2 is 0.938 bits per heavy atom. The molecule has 0 fully saturated rings. The molecule has 0 saturated carbocycles. The zero-order valence-corrected chi connectivity index (χ0v) is 35.3. The zero-order chi connectivity index (χ0) is 42.5. The average molecular weight is 816 g/mol. The molecular weight excluding hydrogens is 775 g/mol. The molecule has 0 bridgehead atoms. The third kappa shape index (κ3) is 5.08. The Balaban J connectivity index is 1.04. The molecule has 0 amide bonds. The van der Waals surface area contributed by atoms with E-state index in [1.807, 2.05) is 18.2 Å². The second-order valence-electron chi connectivity index (χ2n) is 17.2. The molecule has 0 saturated heterocycles. The third-order valence-electron chi connectivity index (χ3n) is 14.1. The molecule has 1 heterocycles. The van der Waals surface area contributed by atoms with Gasteiger partial charge < -0.3 is 9.32 Å². The molecule has 1 unspecified atom stereocenters. The maximum atomic E-state index is 6.32. The Hall–Kier alpha value is -8.20. The number of allylic oxidation sites excluding steroid dienone is 5. The van der Waals surface area contributed by atoms with Gasteiger partial charge in [0.25, 0.3) is 0 Å². The highest BCUT2D eigenvalue weighted by molar-refractivity contribution is 6.26. The van der Waals surface area contributed by atoms with Gasteiger partial charge in [0.1, 0.15) is 11.2 Å². The summed E-state index contributed by atoms with van der Waals surface area (Å²) in [5.74, 6) is 0. The van der Waals surface area contributed by atoms with Gasteiger partial charge in [-0.3, -0.25) is 0 Å². The predicted molar refractivity (Wildman–Crippen MR) is 270 cm³/mol. The van der Waals surface area contributed by atoms with Gasteiger partial charge in [-0.15, -0.1) is 0 Å². The summed E-state index contributed by atoms with van der Waals surface area (Å²) >= 11 is 0. The van der Waals surface area contributed by atoms with Gasteiger partial charge >= 0.3 is 0 Å². The van der Waals surface area contributed by atoms with Crippen LogP contribution in [0, 0.1) is 0 Å². The van der Waals surface area contributed by atoms with Crippen LogP contribution in [0.2, 0.25) is 0 Å². The number of furan rings is 1. The maximum Gasteiger partial charge on any atom is 0.136 e. The van der Waals surface area contributed by atoms with E-state index in [-0.39, 0.29) is 0 Å². The molecule has 1 aromatic heterocycles. The van der Waals surface area contributed by atoms with Crippen molar-refractivity contribution in [3.8, 4) is 22.3 Å². The number of para-hydroxylation sites is 1. The zero-order valence-electron chi connectivity index (χ0n) is 35.3. The standard InChI is InChI=1S/C62H41NO/c1-3-4-22-56-39(2)45-15-9-12-23-57(45)62(56)58-24-13-10-20-51(58)52-35-32-44(38-59(52)62)63(43-31-34-50-48-18-6-5-16-46(48)47-17-7-8-19-49(47)55(50)37-43)42-29-26-40(27-30-42)41-28-33-54-53-21-11-14-25-60(53)64-61(54)36-41/h3-38H,1H2,2H3/b22-4-. The van der Waals surface area contributed by atoms with E-state index in [0.717, 1.165) is 50.1 Å². The van der Waals surface area contributed by atoms with Crippen LogP contribution >= 0.6 is 0 Å². The van der Waals surface area contributed by atoms with Crippen LogP contribution in [0.3, 0.4) is 0 Å². The van der Waals surface area contributed by atoms with E-state index in [4.69, 9.17) is 4.42 Å². The van der Waals surface area contributed by atoms with E-state index in [9.17, 15) is 0 Å². The van der Waals surface area contributed by atoms with E-state index < -0.39 is 5.41 Å². The maximum absolute atomic E-state index is 6.32. The Bertz CT molecular complexity index is 3790. The fraction of sp³-hybridized carbons (Fsp3) is 0.0323. The summed E-state index contributed by atoms with van der Waals surface area (Å²) in [7, 11) is 0. The van der Waals surface area contributed by atoms with Crippen molar-refractivity contribution in [2.24, 2.45) is 0 Å². The van der Waals surface area contributed by atoms with E-state index >= 15 is 0 Å². The van der Waals surface area contributed by atoms with Gasteiger partial charge in [0, 0.05) is 27.8 Å². The molecule has 300 valence electrons. The van der Waals surface area contributed by atoms with Crippen molar-refractivity contribution < 1.29 is 4.42 Å². The summed E-state index contributed by atoms with van der Waals surface area (Å²) in [6, 6.07) is 73.7. The molecule has 2 aliphatic rings. The van der Waals surface area contributed by atoms with Gasteiger partial charge in [0.2, 0.25) is 0 Å². The monoisotopic (exact) mass is 815 g/mol. The minimum atomic E-state index is -0.495. The number of fused-ring (bicyclic) bond motifs is 16. The summed E-state index contributed by atoms with van der Waals surface area (Å²) in [6.07, 6.45) is 6.28. The first-order chi connectivity index (χ1) is 31.6. The van der Waals surface area contributed by atoms with Gasteiger partial charge in [-0.25, -0.2) is 0 Å². The summed E-state index contributed by atoms with van der Waals surface area (Å²) in [5.41, 5.74) is 17.2. The predicted octanol–water partition coefficient (Wildman–Crippen LogP) is 17.0. The molecule has 0 N–H and O–H groups in total. The second-order valence-corrected chi connectivity index (χ2v) is 17.2. The van der Waals surface area contributed by atoms with E-state index in [1.54, 1.807) is 0 Å². The van der Waals surface area contributed by atoms with E-state index in [0.29, 0.717) is 0 Å². The number of benzene rings is 10. The number of anilines is 3. The van der Waals surface area contributed by atoms with Gasteiger partial charge in [0.05, 0.1) is 5.41 Å². The topological polar surface area (TPSA) is 16.4 Å². The molecular formula is C62H41NO. The van der Waals surface area contributed by atoms with Crippen molar-refractivity contribution in [2.75, 3.05) is 4.90 Å². The number of nitrogens with zero attached hydrogens (tertiary/aromatic N) is 1. The molecule has 2 heteroatoms. The molecule has 64 heavy (non-hydrogen) atoms. The lowest BCUT2D eigenvalue weighted by molar-refractivity contribution is 0.669. The summed E-state index contributed by atoms with van der Waals surface area (Å²) in [5, 5.41) is 9.81. The minimum Gasteiger partial charge on any atom is -0.456 e. The van der Waals surface area contributed by atoms with Gasteiger partial charge in [0.15, 0.2) is 0 Å². The molecule has 1 atom stereocenters. The first-order valence-corrected chi connectivity index (χ1v) is 22.1. The van der Waals surface area contributed by atoms with Crippen LogP contribution < -0.4 is 4.90 Å². The van der Waals surface area contributed by atoms with Crippen molar-refractivity contribution in [1.29, 1.82) is 0 Å². The Morgan fingerprint density at radius 1 is 0.422 bits per heavy atom. The Labute approximate surface area is 372 Å². The smallest absolute Gasteiger partial charge is 0.136 e. The number of hydrogen-bond acceptors (Lipinski definition) is 2. The summed E-state index contributed by atoms with van der Waals surface area (Å²) in [6.45, 7) is 6.37. The second kappa shape index (κ2) is 13.9. The van der Waals surface area contributed by atoms with E-state index in [2.05, 4.69) is 219 Å². The molecule has 2 nitrogen and oxygen atoms in total. The fourth-order valence-electron chi connectivity index (χ4n) is 11.3. The van der Waals surface area contributed by atoms with Crippen molar-refractivity contribution in [3.05, 3.63) is 253 Å². The van der Waals surface area contributed by atoms with Crippen LogP contribution in [0.5, 0.6) is 0 Å². The lowest BCUT2D eigenvalue weighted by Crippen LogP contribution is -2.27. The first-order valence-electron chi connectivity index (χ1n) is 22.1. The summed E-state index contributed by atoms with van der Waals surface area (Å²) in [4.78, 5) is 2.45. The lowest BCUT2D eigenvalue weighted by Gasteiger charge is -2.33. The first kappa shape index (κ1) is 36.5. The van der Waals surface area contributed by atoms with Crippen molar-refractivity contribution in [1.82, 2.24) is 0 Å². The van der Waals surface area contributed by atoms with Crippen LogP contribution in [-0.2, 0) is 5.41 Å². The third-order valence-corrected chi connectivity index (χ3v) is 14.1. The van der Waals surface area contributed by atoms with Crippen molar-refractivity contribution >= 4 is 76.9 Å². The quantitative estimate of drug-likeness (QED) is 0.123. The minimum absolute atomic E-state index is 0.495. The Morgan fingerprint density at radius 3 is 1.67 bits per heavy atom. The lowest BCUT2D eigenvalue weighted by atomic mass is 9.69. The van der Waals surface area contributed by atoms with Crippen molar-refractivity contribution in [2.45, 2.75) is 12.3 Å². The Kier molecular flexibility index (Phi) is 7.92. The number of hydrogen-bond donors (Lipinski definition) is 0. The molecule has 11 aromatic rings. The average Bonchev–Trinajstić information content (AvgIpc) is 3.96. The van der Waals surface area contributed by atoms with Crippen molar-refractivity contribution in [3.63, 3.8) is 0 Å². The van der Waals surface area contributed by atoms with Crippen LogP contribution in [0.1, 0.15) is 29.2 Å². The molecule has 2 aliphatic carbocycles. The highest BCUT2D eigenvalue weighted by Crippen LogP contribution is 2.62. The van der Waals surface area contributed by atoms with Crippen LogP contribution in [-0.4, -0.2) is 0 Å². The normalized spacial score (nSPS) is 15.3. The molecule has 1 spiro atoms. The SMILES string of the molecule is C=C/C=C\C1=C(C)c2ccccc2C12c1ccccc1-c1ccc(N(c3ccc(-c4ccc5c(c4)oc4ccccc45)cc3)c3ccc4c5ccccc5c5ccccc5c4c3)cc12. The summed E-state index contributed by atoms with van der Waals surface area (Å²) < 4.78 is 6.32. The van der Waals surface area contributed by atoms with Gasteiger partial charge in [-0.1, -0.05) is 170 Å². The molecule has 13 rings (SSSR count). The van der Waals surface area contributed by atoms with Gasteiger partial charge in [-0.2, -0.15) is 0 Å². The highest BCUT2D eigenvalue weighted by atomic mass is 16.3. The van der Waals surface area contributed by atoms with E-state index in [1.165, 1.54) is 76.8 Å². The van der Waals surface area contributed by atoms with Crippen LogP contribution in [0.15, 0.2) is 235 Å². The largest absolute Gasteiger partial charge is 0.456 e. The van der Waals surface area contributed by atoms with Crippen LogP contribution in [0.25, 0.3) is 82.1 Å². The highest BCUT2D eigenvalue weighted by Gasteiger charge is 2.51. The van der Waals surface area contributed by atoms with Gasteiger partial charge in [-0.05, 0) is 149 Å². The molecule has 0 radical (unpaired) electrons.